The highest BCUT2D eigenvalue weighted by atomic mass is 32.2. The summed E-state index contributed by atoms with van der Waals surface area (Å²) < 4.78 is 17.7. The predicted octanol–water partition coefficient (Wildman–Crippen LogP) is 5.28. The minimum Gasteiger partial charge on any atom is -0.497 e. The second kappa shape index (κ2) is 13.3. The second-order valence-electron chi connectivity index (χ2n) is 10.3. The van der Waals surface area contributed by atoms with Gasteiger partial charge in [-0.25, -0.2) is 9.99 Å². The summed E-state index contributed by atoms with van der Waals surface area (Å²) >= 11 is 2.56. The number of fused-ring (bicyclic) bond motifs is 1. The van der Waals surface area contributed by atoms with E-state index in [1.54, 1.807) is 27.4 Å². The summed E-state index contributed by atoms with van der Waals surface area (Å²) in [7, 11) is 4.72. The van der Waals surface area contributed by atoms with Gasteiger partial charge in [0.1, 0.15) is 5.75 Å². The number of non-ortho nitro benzene ring substituents is 1. The molecule has 3 aromatic carbocycles. The van der Waals surface area contributed by atoms with Gasteiger partial charge in [-0.1, -0.05) is 17.8 Å². The van der Waals surface area contributed by atoms with Crippen LogP contribution in [0.4, 0.5) is 5.69 Å². The Morgan fingerprint density at radius 1 is 1.02 bits per heavy atom. The van der Waals surface area contributed by atoms with E-state index in [1.165, 1.54) is 45.6 Å². The molecule has 1 atom stereocenters. The van der Waals surface area contributed by atoms with Crippen LogP contribution in [0.1, 0.15) is 29.3 Å². The second-order valence-corrected chi connectivity index (χ2v) is 12.4. The maximum absolute atomic E-state index is 14.0. The third-order valence-corrected chi connectivity index (χ3v) is 9.72. The Morgan fingerprint density at radius 2 is 1.76 bits per heavy atom. The Hall–Kier alpha value is -4.82. The van der Waals surface area contributed by atoms with Gasteiger partial charge >= 0.3 is 0 Å². The van der Waals surface area contributed by atoms with E-state index in [2.05, 4.69) is 0 Å². The van der Waals surface area contributed by atoms with Crippen molar-refractivity contribution >= 4 is 40.8 Å². The predicted molar refractivity (Wildman–Crippen MR) is 175 cm³/mol. The number of methoxy groups -OCH3 is 3. The molecule has 6 rings (SSSR count). The molecule has 0 radical (unpaired) electrons. The maximum Gasteiger partial charge on any atom is 0.272 e. The highest BCUT2D eigenvalue weighted by Gasteiger charge is 2.34. The number of nitrogens with zero attached hydrogens (tertiary/aromatic N) is 5. The van der Waals surface area contributed by atoms with Crippen LogP contribution in [-0.2, 0) is 11.2 Å². The zero-order valence-electron chi connectivity index (χ0n) is 25.2. The molecule has 12 nitrogen and oxygen atoms in total. The number of thioether (sulfide) groups is 2. The first-order chi connectivity index (χ1) is 22.3. The summed E-state index contributed by atoms with van der Waals surface area (Å²) in [4.78, 5) is 43.6. The number of nitro groups is 1. The topological polar surface area (TPSA) is 138 Å². The molecule has 4 aromatic rings. The maximum atomic E-state index is 14.0. The molecular weight excluding hydrogens is 631 g/mol. The van der Waals surface area contributed by atoms with E-state index in [0.29, 0.717) is 51.5 Å². The molecule has 1 unspecified atom stereocenters. The van der Waals surface area contributed by atoms with Crippen LogP contribution >= 0.6 is 23.5 Å². The number of benzene rings is 3. The first kappa shape index (κ1) is 31.2. The van der Waals surface area contributed by atoms with E-state index >= 15 is 0 Å². The molecule has 0 aliphatic carbocycles. The molecule has 0 N–H and O–H groups in total. The van der Waals surface area contributed by atoms with E-state index < -0.39 is 11.0 Å². The lowest BCUT2D eigenvalue weighted by atomic mass is 9.98. The molecule has 0 saturated heterocycles. The summed E-state index contributed by atoms with van der Waals surface area (Å²) in [6.45, 7) is 0. The van der Waals surface area contributed by atoms with Gasteiger partial charge in [-0.05, 0) is 59.7 Å². The van der Waals surface area contributed by atoms with Crippen molar-refractivity contribution in [1.29, 1.82) is 0 Å². The van der Waals surface area contributed by atoms with Crippen LogP contribution < -0.4 is 19.8 Å². The summed E-state index contributed by atoms with van der Waals surface area (Å²) in [5.74, 6) is 2.20. The lowest BCUT2D eigenvalue weighted by molar-refractivity contribution is -0.384. The van der Waals surface area contributed by atoms with Crippen molar-refractivity contribution in [3.8, 4) is 22.9 Å². The number of nitro benzene ring substituents is 1. The zero-order valence-corrected chi connectivity index (χ0v) is 26.8. The number of carbonyl (C=O) groups is 1. The average molecular weight is 660 g/mol. The lowest BCUT2D eigenvalue weighted by Gasteiger charge is -2.23. The van der Waals surface area contributed by atoms with Crippen molar-refractivity contribution in [2.24, 2.45) is 5.10 Å². The highest BCUT2D eigenvalue weighted by molar-refractivity contribution is 8.00. The van der Waals surface area contributed by atoms with Crippen molar-refractivity contribution < 1.29 is 23.9 Å². The van der Waals surface area contributed by atoms with Gasteiger partial charge in [0.2, 0.25) is 0 Å². The highest BCUT2D eigenvalue weighted by Crippen LogP contribution is 2.38. The Labute approximate surface area is 272 Å². The molecule has 0 bridgehead atoms. The molecule has 14 heteroatoms. The van der Waals surface area contributed by atoms with Crippen LogP contribution in [0.5, 0.6) is 17.2 Å². The zero-order chi connectivity index (χ0) is 32.4. The molecular formula is C32H29N5O7S2. The van der Waals surface area contributed by atoms with Gasteiger partial charge in [-0.2, -0.15) is 5.10 Å². The van der Waals surface area contributed by atoms with Gasteiger partial charge in [0.25, 0.3) is 17.2 Å². The van der Waals surface area contributed by atoms with Crippen molar-refractivity contribution in [3.63, 3.8) is 0 Å². The number of ether oxygens (including phenoxy) is 3. The Balaban J connectivity index is 1.33. The third-order valence-electron chi connectivity index (χ3n) is 7.69. The molecule has 236 valence electrons. The first-order valence-corrected chi connectivity index (χ1v) is 16.2. The number of hydrogen-bond acceptors (Lipinski definition) is 11. The average Bonchev–Trinajstić information content (AvgIpc) is 3.75. The van der Waals surface area contributed by atoms with Crippen LogP contribution in [-0.4, -0.2) is 63.9 Å². The molecule has 0 fully saturated rings. The molecule has 0 spiro atoms. The van der Waals surface area contributed by atoms with Gasteiger partial charge in [0, 0.05) is 30.7 Å². The van der Waals surface area contributed by atoms with E-state index in [4.69, 9.17) is 24.3 Å². The Morgan fingerprint density at radius 3 is 2.43 bits per heavy atom. The fraction of sp³-hybridized carbons (Fsp3) is 0.250. The molecule has 2 aliphatic heterocycles. The van der Waals surface area contributed by atoms with Crippen LogP contribution in [0.25, 0.3) is 5.69 Å². The monoisotopic (exact) mass is 659 g/mol. The van der Waals surface area contributed by atoms with E-state index in [1.807, 2.05) is 36.4 Å². The van der Waals surface area contributed by atoms with Gasteiger partial charge in [-0.15, -0.1) is 11.8 Å². The van der Waals surface area contributed by atoms with E-state index in [0.717, 1.165) is 34.4 Å². The van der Waals surface area contributed by atoms with Crippen molar-refractivity contribution in [2.45, 2.75) is 28.9 Å². The SMILES string of the molecule is COc1ccc(C2=NN(C(=O)CSc3nc4c(c(=O)n3-c3ccc([N+](=O)[O-])cc3)SCC4)C(c3ccc(OC)c(OC)c3)C2)cc1. The minimum atomic E-state index is -0.497. The van der Waals surface area contributed by atoms with Crippen LogP contribution in [0.3, 0.4) is 0 Å². The van der Waals surface area contributed by atoms with E-state index in [9.17, 15) is 19.7 Å². The molecule has 1 amide bonds. The van der Waals surface area contributed by atoms with Crippen LogP contribution in [0.2, 0.25) is 0 Å². The smallest absolute Gasteiger partial charge is 0.272 e. The number of hydrazone groups is 1. The molecule has 1 aromatic heterocycles. The minimum absolute atomic E-state index is 0.0610. The molecule has 2 aliphatic rings. The lowest BCUT2D eigenvalue weighted by Crippen LogP contribution is -2.29. The normalized spacial score (nSPS) is 15.3. The van der Waals surface area contributed by atoms with Gasteiger partial charge in [0.15, 0.2) is 16.7 Å². The first-order valence-electron chi connectivity index (χ1n) is 14.2. The van der Waals surface area contributed by atoms with Gasteiger partial charge in [-0.3, -0.25) is 24.3 Å². The van der Waals surface area contributed by atoms with E-state index in [-0.39, 0.29) is 22.9 Å². The van der Waals surface area contributed by atoms with Crippen LogP contribution in [0.15, 0.2) is 86.7 Å². The Bertz CT molecular complexity index is 1900. The third kappa shape index (κ3) is 6.05. The quantitative estimate of drug-likeness (QED) is 0.0956. The largest absolute Gasteiger partial charge is 0.497 e. The van der Waals surface area contributed by atoms with Crippen molar-refractivity contribution in [2.75, 3.05) is 32.8 Å². The van der Waals surface area contributed by atoms with Crippen LogP contribution in [0, 0.1) is 10.1 Å². The molecule has 0 saturated carbocycles. The number of hydrogen-bond donors (Lipinski definition) is 0. The fourth-order valence-corrected chi connectivity index (χ4v) is 7.26. The number of rotatable bonds is 10. The van der Waals surface area contributed by atoms with Crippen molar-refractivity contribution in [1.82, 2.24) is 14.6 Å². The molecule has 3 heterocycles. The Kier molecular flexibility index (Phi) is 8.99. The number of aryl methyl sites for hydroxylation is 1. The van der Waals surface area contributed by atoms with Gasteiger partial charge < -0.3 is 14.2 Å². The standard InChI is InChI=1S/C32H29N5O7S2/c1-42-23-11-4-19(5-12-23)25-17-26(20-6-13-27(43-2)28(16-20)44-3)36(34-25)29(38)18-46-32-33-24-14-15-45-30(24)31(39)35(32)21-7-9-22(10-8-21)37(40)41/h4-13,16,26H,14-15,17-18H2,1-3H3. The number of carbonyl (C=O) groups excluding carboxylic acids is 1. The fourth-order valence-electron chi connectivity index (χ4n) is 5.35. The number of amides is 1. The van der Waals surface area contributed by atoms with Crippen molar-refractivity contribution in [3.05, 3.63) is 104 Å². The summed E-state index contributed by atoms with van der Waals surface area (Å²) in [6, 6.07) is 18.3. The number of aromatic nitrogens is 2. The van der Waals surface area contributed by atoms with Gasteiger partial charge in [0.05, 0.1) is 60.0 Å². The molecule has 46 heavy (non-hydrogen) atoms. The summed E-state index contributed by atoms with van der Waals surface area (Å²) in [5.41, 5.74) is 3.17. The summed E-state index contributed by atoms with van der Waals surface area (Å²) in [6.07, 6.45) is 1.10. The summed E-state index contributed by atoms with van der Waals surface area (Å²) in [5, 5.41) is 17.8.